The van der Waals surface area contributed by atoms with Crippen molar-refractivity contribution in [2.45, 2.75) is 19.8 Å². The molecule has 0 aliphatic carbocycles. The predicted octanol–water partition coefficient (Wildman–Crippen LogP) is 2.49. The number of benzene rings is 2. The summed E-state index contributed by atoms with van der Waals surface area (Å²) in [6, 6.07) is 13.6. The topological polar surface area (TPSA) is 95.9 Å². The number of phenols is 1. The van der Waals surface area contributed by atoms with Crippen molar-refractivity contribution in [2.75, 3.05) is 23.4 Å². The van der Waals surface area contributed by atoms with Gasteiger partial charge in [-0.15, -0.1) is 0 Å². The number of anilines is 2. The van der Waals surface area contributed by atoms with E-state index in [4.69, 9.17) is 4.74 Å². The van der Waals surface area contributed by atoms with Gasteiger partial charge in [-0.1, -0.05) is 19.1 Å². The average Bonchev–Trinajstić information content (AvgIpc) is 3.10. The minimum atomic E-state index is -0.597. The standard InChI is InChI=1S/C21H22N2O5/c1-2-14-3-7-17(8-4-14)23-12-15(11-20(23)26)21(27)28-13-19(25)22-16-5-9-18(24)10-6-16/h3-10,15,24H,2,11-13H2,1H3,(H,22,25). The molecule has 28 heavy (non-hydrogen) atoms. The van der Waals surface area contributed by atoms with E-state index in [1.165, 1.54) is 29.8 Å². The molecule has 0 aromatic heterocycles. The van der Waals surface area contributed by atoms with E-state index in [1.807, 2.05) is 24.3 Å². The van der Waals surface area contributed by atoms with Gasteiger partial charge in [0.05, 0.1) is 5.92 Å². The third-order valence-electron chi connectivity index (χ3n) is 4.61. The summed E-state index contributed by atoms with van der Waals surface area (Å²) in [5, 5.41) is 11.8. The molecule has 7 heteroatoms. The number of esters is 1. The first-order valence-electron chi connectivity index (χ1n) is 9.11. The summed E-state index contributed by atoms with van der Waals surface area (Å²) in [5.41, 5.74) is 2.41. The van der Waals surface area contributed by atoms with E-state index in [-0.39, 0.29) is 24.6 Å². The molecule has 0 bridgehead atoms. The summed E-state index contributed by atoms with van der Waals surface area (Å²) < 4.78 is 5.07. The molecule has 1 saturated heterocycles. The van der Waals surface area contributed by atoms with Crippen LogP contribution in [0.3, 0.4) is 0 Å². The highest BCUT2D eigenvalue weighted by Crippen LogP contribution is 2.26. The molecule has 1 heterocycles. The van der Waals surface area contributed by atoms with Crippen LogP contribution in [0.15, 0.2) is 48.5 Å². The van der Waals surface area contributed by atoms with E-state index in [2.05, 4.69) is 12.2 Å². The highest BCUT2D eigenvalue weighted by atomic mass is 16.5. The zero-order chi connectivity index (χ0) is 20.1. The maximum atomic E-state index is 12.3. The summed E-state index contributed by atoms with van der Waals surface area (Å²) in [5.74, 6) is -1.71. The fraction of sp³-hybridized carbons (Fsp3) is 0.286. The number of aromatic hydroxyl groups is 1. The fourth-order valence-electron chi connectivity index (χ4n) is 3.02. The zero-order valence-corrected chi connectivity index (χ0v) is 15.6. The number of phenolic OH excluding ortho intramolecular Hbond substituents is 1. The number of ether oxygens (including phenoxy) is 1. The summed E-state index contributed by atoms with van der Waals surface area (Å²) in [7, 11) is 0. The molecule has 2 amide bonds. The Morgan fingerprint density at radius 3 is 2.46 bits per heavy atom. The Hall–Kier alpha value is -3.35. The fourth-order valence-corrected chi connectivity index (χ4v) is 3.02. The second-order valence-corrected chi connectivity index (χ2v) is 6.63. The van der Waals surface area contributed by atoms with Crippen LogP contribution < -0.4 is 10.2 Å². The lowest BCUT2D eigenvalue weighted by atomic mass is 10.1. The first kappa shape index (κ1) is 19.4. The number of amides is 2. The summed E-state index contributed by atoms with van der Waals surface area (Å²) in [6.45, 7) is 1.86. The number of nitrogens with one attached hydrogen (secondary N) is 1. The van der Waals surface area contributed by atoms with Crippen molar-refractivity contribution in [2.24, 2.45) is 5.92 Å². The molecule has 1 unspecified atom stereocenters. The second-order valence-electron chi connectivity index (χ2n) is 6.63. The van der Waals surface area contributed by atoms with Crippen LogP contribution in [0.5, 0.6) is 5.75 Å². The minimum absolute atomic E-state index is 0.0634. The molecule has 2 aromatic carbocycles. The lowest BCUT2D eigenvalue weighted by molar-refractivity contribution is -0.151. The van der Waals surface area contributed by atoms with E-state index < -0.39 is 24.4 Å². The molecule has 1 atom stereocenters. The monoisotopic (exact) mass is 382 g/mol. The molecule has 2 aromatic rings. The molecule has 1 aliphatic heterocycles. The Kier molecular flexibility index (Phi) is 5.93. The Morgan fingerprint density at radius 2 is 1.82 bits per heavy atom. The van der Waals surface area contributed by atoms with Crippen LogP contribution >= 0.6 is 0 Å². The van der Waals surface area contributed by atoms with E-state index in [0.29, 0.717) is 5.69 Å². The maximum absolute atomic E-state index is 12.3. The van der Waals surface area contributed by atoms with Crippen LogP contribution in [0.4, 0.5) is 11.4 Å². The van der Waals surface area contributed by atoms with E-state index in [0.717, 1.165) is 12.1 Å². The van der Waals surface area contributed by atoms with Gasteiger partial charge >= 0.3 is 5.97 Å². The Morgan fingerprint density at radius 1 is 1.14 bits per heavy atom. The number of rotatable bonds is 6. The molecule has 0 radical (unpaired) electrons. The van der Waals surface area contributed by atoms with Crippen molar-refractivity contribution in [1.82, 2.24) is 0 Å². The highest BCUT2D eigenvalue weighted by molar-refractivity contribution is 6.00. The van der Waals surface area contributed by atoms with Crippen LogP contribution in [0.2, 0.25) is 0 Å². The first-order valence-corrected chi connectivity index (χ1v) is 9.11. The van der Waals surface area contributed by atoms with Crippen molar-refractivity contribution in [3.8, 4) is 5.75 Å². The highest BCUT2D eigenvalue weighted by Gasteiger charge is 2.36. The van der Waals surface area contributed by atoms with Crippen molar-refractivity contribution < 1.29 is 24.2 Å². The SMILES string of the molecule is CCc1ccc(N2CC(C(=O)OCC(=O)Nc3ccc(O)cc3)CC2=O)cc1. The van der Waals surface area contributed by atoms with Crippen molar-refractivity contribution in [1.29, 1.82) is 0 Å². The zero-order valence-electron chi connectivity index (χ0n) is 15.6. The van der Waals surface area contributed by atoms with Crippen molar-refractivity contribution in [3.05, 3.63) is 54.1 Å². The Balaban J connectivity index is 1.51. The van der Waals surface area contributed by atoms with Gasteiger partial charge < -0.3 is 20.1 Å². The van der Waals surface area contributed by atoms with Gasteiger partial charge in [0, 0.05) is 24.3 Å². The van der Waals surface area contributed by atoms with E-state index in [9.17, 15) is 19.5 Å². The number of aryl methyl sites for hydroxylation is 1. The average molecular weight is 382 g/mol. The third-order valence-corrected chi connectivity index (χ3v) is 4.61. The Labute approximate surface area is 162 Å². The lowest BCUT2D eigenvalue weighted by Gasteiger charge is -2.17. The largest absolute Gasteiger partial charge is 0.508 e. The van der Waals surface area contributed by atoms with E-state index >= 15 is 0 Å². The van der Waals surface area contributed by atoms with Crippen LogP contribution in [0.1, 0.15) is 18.9 Å². The van der Waals surface area contributed by atoms with Gasteiger partial charge in [0.15, 0.2) is 6.61 Å². The summed E-state index contributed by atoms with van der Waals surface area (Å²) >= 11 is 0. The van der Waals surface area contributed by atoms with Gasteiger partial charge in [-0.25, -0.2) is 0 Å². The number of hydrogen-bond acceptors (Lipinski definition) is 5. The third kappa shape index (κ3) is 4.68. The first-order chi connectivity index (χ1) is 13.5. The van der Waals surface area contributed by atoms with Gasteiger partial charge in [0.25, 0.3) is 5.91 Å². The molecule has 1 aliphatic rings. The van der Waals surface area contributed by atoms with Crippen LogP contribution in [0, 0.1) is 5.92 Å². The van der Waals surface area contributed by atoms with Crippen LogP contribution in [-0.2, 0) is 25.5 Å². The molecular formula is C21H22N2O5. The molecule has 7 nitrogen and oxygen atoms in total. The molecule has 0 saturated carbocycles. The van der Waals surface area contributed by atoms with Gasteiger partial charge in [0.1, 0.15) is 5.75 Å². The quantitative estimate of drug-likeness (QED) is 0.591. The molecular weight excluding hydrogens is 360 g/mol. The van der Waals surface area contributed by atoms with E-state index in [1.54, 1.807) is 4.90 Å². The summed E-state index contributed by atoms with van der Waals surface area (Å²) in [4.78, 5) is 38.0. The predicted molar refractivity (Wildman–Crippen MR) is 104 cm³/mol. The maximum Gasteiger partial charge on any atom is 0.311 e. The van der Waals surface area contributed by atoms with Gasteiger partial charge in [-0.3, -0.25) is 14.4 Å². The molecule has 2 N–H and O–H groups in total. The van der Waals surface area contributed by atoms with Crippen molar-refractivity contribution in [3.63, 3.8) is 0 Å². The van der Waals surface area contributed by atoms with Gasteiger partial charge in [0.2, 0.25) is 5.91 Å². The number of carbonyl (C=O) groups is 3. The van der Waals surface area contributed by atoms with Gasteiger partial charge in [-0.05, 0) is 48.4 Å². The Bertz CT molecular complexity index is 861. The smallest absolute Gasteiger partial charge is 0.311 e. The van der Waals surface area contributed by atoms with Crippen molar-refractivity contribution >= 4 is 29.2 Å². The number of nitrogens with zero attached hydrogens (tertiary/aromatic N) is 1. The van der Waals surface area contributed by atoms with Crippen LogP contribution in [0.25, 0.3) is 0 Å². The number of hydrogen-bond donors (Lipinski definition) is 2. The molecule has 1 fully saturated rings. The molecule has 146 valence electrons. The van der Waals surface area contributed by atoms with Crippen LogP contribution in [-0.4, -0.2) is 36.0 Å². The number of carbonyl (C=O) groups excluding carboxylic acids is 3. The normalized spacial score (nSPS) is 16.1. The molecule has 0 spiro atoms. The molecule has 3 rings (SSSR count). The summed E-state index contributed by atoms with van der Waals surface area (Å²) in [6.07, 6.45) is 0.976. The second kappa shape index (κ2) is 8.56. The minimum Gasteiger partial charge on any atom is -0.508 e. The lowest BCUT2D eigenvalue weighted by Crippen LogP contribution is -2.28. The van der Waals surface area contributed by atoms with Gasteiger partial charge in [-0.2, -0.15) is 0 Å².